The summed E-state index contributed by atoms with van der Waals surface area (Å²) in [5.41, 5.74) is 3.43. The summed E-state index contributed by atoms with van der Waals surface area (Å²) >= 11 is 0. The third-order valence-corrected chi connectivity index (χ3v) is 4.65. The Kier molecular flexibility index (Phi) is 4.01. The lowest BCUT2D eigenvalue weighted by Crippen LogP contribution is -2.31. The van der Waals surface area contributed by atoms with E-state index in [0.29, 0.717) is 5.69 Å². The predicted molar refractivity (Wildman–Crippen MR) is 93.7 cm³/mol. The first-order valence-electron chi connectivity index (χ1n) is 8.38. The molecule has 1 atom stereocenters. The summed E-state index contributed by atoms with van der Waals surface area (Å²) in [5.74, 6) is -0.0120. The molecule has 0 aliphatic carbocycles. The largest absolute Gasteiger partial charge is 0.332 e. The van der Waals surface area contributed by atoms with Crippen molar-refractivity contribution in [2.45, 2.75) is 18.9 Å². The summed E-state index contributed by atoms with van der Waals surface area (Å²) in [6.45, 7) is 0.753. The molecule has 6 nitrogen and oxygen atoms in total. The first-order valence-corrected chi connectivity index (χ1v) is 8.38. The van der Waals surface area contributed by atoms with Crippen LogP contribution in [0.2, 0.25) is 0 Å². The van der Waals surface area contributed by atoms with E-state index >= 15 is 0 Å². The van der Waals surface area contributed by atoms with Gasteiger partial charge in [-0.05, 0) is 42.7 Å². The first-order chi connectivity index (χ1) is 12.2. The van der Waals surface area contributed by atoms with Crippen molar-refractivity contribution < 1.29 is 4.79 Å². The Morgan fingerprint density at radius 2 is 2.12 bits per heavy atom. The molecule has 4 rings (SSSR count). The molecule has 0 saturated carbocycles. The van der Waals surface area contributed by atoms with Gasteiger partial charge in [0.1, 0.15) is 5.69 Å². The van der Waals surface area contributed by atoms with E-state index in [9.17, 15) is 4.79 Å². The highest BCUT2D eigenvalue weighted by molar-refractivity contribution is 5.92. The lowest BCUT2D eigenvalue weighted by atomic mass is 10.0. The van der Waals surface area contributed by atoms with Crippen LogP contribution < -0.4 is 0 Å². The van der Waals surface area contributed by atoms with E-state index in [-0.39, 0.29) is 11.9 Å². The monoisotopic (exact) mass is 333 g/mol. The van der Waals surface area contributed by atoms with Crippen LogP contribution in [0.15, 0.2) is 55.2 Å². The van der Waals surface area contributed by atoms with Gasteiger partial charge in [-0.1, -0.05) is 6.07 Å². The maximum Gasteiger partial charge on any atom is 0.272 e. The van der Waals surface area contributed by atoms with Crippen LogP contribution in [0, 0.1) is 0 Å². The highest BCUT2D eigenvalue weighted by atomic mass is 16.2. The van der Waals surface area contributed by atoms with Gasteiger partial charge in [0.25, 0.3) is 5.91 Å². The molecular weight excluding hydrogens is 314 g/mol. The molecule has 0 radical (unpaired) electrons. The molecule has 1 unspecified atom stereocenters. The number of nitrogens with zero attached hydrogens (tertiary/aromatic N) is 5. The summed E-state index contributed by atoms with van der Waals surface area (Å²) in [4.78, 5) is 27.6. The first kappa shape index (κ1) is 15.5. The Labute approximate surface area is 146 Å². The number of hydrogen-bond acceptors (Lipinski definition) is 4. The maximum absolute atomic E-state index is 12.8. The molecule has 3 aromatic heterocycles. The topological polar surface area (TPSA) is 63.9 Å². The Bertz CT molecular complexity index is 890. The highest BCUT2D eigenvalue weighted by Crippen LogP contribution is 2.34. The third kappa shape index (κ3) is 2.91. The molecule has 6 heteroatoms. The fraction of sp³-hybridized carbons (Fsp3) is 0.263. The maximum atomic E-state index is 12.8. The predicted octanol–water partition coefficient (Wildman–Crippen LogP) is 2.85. The number of hydrogen-bond donors (Lipinski definition) is 0. The van der Waals surface area contributed by atoms with Crippen LogP contribution in [0.25, 0.3) is 11.4 Å². The third-order valence-electron chi connectivity index (χ3n) is 4.65. The quantitative estimate of drug-likeness (QED) is 0.739. The fourth-order valence-electron chi connectivity index (χ4n) is 3.39. The number of amides is 1. The molecule has 4 heterocycles. The van der Waals surface area contributed by atoms with Gasteiger partial charge in [0.2, 0.25) is 0 Å². The van der Waals surface area contributed by atoms with Gasteiger partial charge < -0.3 is 9.47 Å². The van der Waals surface area contributed by atoms with Crippen LogP contribution in [0.4, 0.5) is 0 Å². The van der Waals surface area contributed by atoms with Crippen molar-refractivity contribution in [1.82, 2.24) is 24.4 Å². The SMILES string of the molecule is Cn1cncc1-c1cc(C2CCCN2C(=O)c2ccccn2)ccn1. The Hall–Kier alpha value is -3.02. The molecule has 0 bridgehead atoms. The fourth-order valence-corrected chi connectivity index (χ4v) is 3.39. The van der Waals surface area contributed by atoms with Crippen molar-refractivity contribution in [2.75, 3.05) is 6.54 Å². The molecule has 1 amide bonds. The van der Waals surface area contributed by atoms with E-state index in [1.54, 1.807) is 31.0 Å². The standard InChI is InChI=1S/C19H19N5O/c1-23-13-20-12-18(23)16-11-14(7-9-22-16)17-6-4-10-24(17)19(25)15-5-2-3-8-21-15/h2-3,5,7-9,11-13,17H,4,6,10H2,1H3. The van der Waals surface area contributed by atoms with E-state index in [2.05, 4.69) is 21.0 Å². The lowest BCUT2D eigenvalue weighted by Gasteiger charge is -2.25. The molecule has 1 saturated heterocycles. The number of carbonyl (C=O) groups excluding carboxylic acids is 1. The van der Waals surface area contributed by atoms with E-state index in [0.717, 1.165) is 36.3 Å². The number of pyridine rings is 2. The van der Waals surface area contributed by atoms with Crippen LogP contribution in [-0.2, 0) is 7.05 Å². The van der Waals surface area contributed by atoms with Crippen molar-refractivity contribution in [2.24, 2.45) is 7.05 Å². The number of aromatic nitrogens is 4. The normalized spacial score (nSPS) is 17.0. The number of carbonyl (C=O) groups is 1. The average molecular weight is 333 g/mol. The Morgan fingerprint density at radius 1 is 1.20 bits per heavy atom. The van der Waals surface area contributed by atoms with Gasteiger partial charge in [-0.2, -0.15) is 0 Å². The van der Waals surface area contributed by atoms with Crippen molar-refractivity contribution >= 4 is 5.91 Å². The van der Waals surface area contributed by atoms with Gasteiger partial charge >= 0.3 is 0 Å². The van der Waals surface area contributed by atoms with Crippen LogP contribution in [0.5, 0.6) is 0 Å². The van der Waals surface area contributed by atoms with Crippen molar-refractivity contribution in [3.63, 3.8) is 0 Å². The summed E-state index contributed by atoms with van der Waals surface area (Å²) in [7, 11) is 1.95. The molecular formula is C19H19N5O. The zero-order valence-electron chi connectivity index (χ0n) is 14.0. The zero-order chi connectivity index (χ0) is 17.2. The molecule has 0 aromatic carbocycles. The zero-order valence-corrected chi connectivity index (χ0v) is 14.0. The average Bonchev–Trinajstić information content (AvgIpc) is 3.31. The Balaban J connectivity index is 1.65. The van der Waals surface area contributed by atoms with E-state index < -0.39 is 0 Å². The number of imidazole rings is 1. The van der Waals surface area contributed by atoms with Crippen LogP contribution in [0.1, 0.15) is 34.9 Å². The minimum atomic E-state index is -0.0120. The van der Waals surface area contributed by atoms with Gasteiger partial charge in [-0.3, -0.25) is 14.8 Å². The number of likely N-dealkylation sites (tertiary alicyclic amines) is 1. The summed E-state index contributed by atoms with van der Waals surface area (Å²) in [6.07, 6.45) is 8.97. The highest BCUT2D eigenvalue weighted by Gasteiger charge is 2.31. The molecule has 0 spiro atoms. The van der Waals surface area contributed by atoms with Gasteiger partial charge in [-0.15, -0.1) is 0 Å². The number of rotatable bonds is 3. The molecule has 3 aromatic rings. The molecule has 1 fully saturated rings. The molecule has 25 heavy (non-hydrogen) atoms. The Morgan fingerprint density at radius 3 is 2.88 bits per heavy atom. The van der Waals surface area contributed by atoms with Crippen molar-refractivity contribution in [3.8, 4) is 11.4 Å². The van der Waals surface area contributed by atoms with Gasteiger partial charge in [-0.25, -0.2) is 4.98 Å². The number of aryl methyl sites for hydroxylation is 1. The minimum Gasteiger partial charge on any atom is -0.332 e. The smallest absolute Gasteiger partial charge is 0.272 e. The van der Waals surface area contributed by atoms with Crippen LogP contribution in [0.3, 0.4) is 0 Å². The minimum absolute atomic E-state index is 0.0120. The van der Waals surface area contributed by atoms with Crippen molar-refractivity contribution in [3.05, 3.63) is 66.5 Å². The van der Waals surface area contributed by atoms with Crippen LogP contribution >= 0.6 is 0 Å². The van der Waals surface area contributed by atoms with E-state index in [1.807, 2.05) is 34.7 Å². The molecule has 126 valence electrons. The van der Waals surface area contributed by atoms with E-state index in [4.69, 9.17) is 0 Å². The molecule has 0 N–H and O–H groups in total. The summed E-state index contributed by atoms with van der Waals surface area (Å²) in [6, 6.07) is 9.55. The second-order valence-electron chi connectivity index (χ2n) is 6.24. The summed E-state index contributed by atoms with van der Waals surface area (Å²) in [5, 5.41) is 0. The van der Waals surface area contributed by atoms with Gasteiger partial charge in [0.05, 0.1) is 30.0 Å². The molecule has 1 aliphatic rings. The molecule has 1 aliphatic heterocycles. The lowest BCUT2D eigenvalue weighted by molar-refractivity contribution is 0.0729. The summed E-state index contributed by atoms with van der Waals surface area (Å²) < 4.78 is 1.94. The second kappa shape index (κ2) is 6.47. The van der Waals surface area contributed by atoms with Gasteiger partial charge in [0.15, 0.2) is 0 Å². The van der Waals surface area contributed by atoms with E-state index in [1.165, 1.54) is 0 Å². The van der Waals surface area contributed by atoms with Crippen LogP contribution in [-0.4, -0.2) is 36.9 Å². The second-order valence-corrected chi connectivity index (χ2v) is 6.24. The van der Waals surface area contributed by atoms with Gasteiger partial charge in [0, 0.05) is 26.0 Å². The van der Waals surface area contributed by atoms with Crippen molar-refractivity contribution in [1.29, 1.82) is 0 Å².